The molecule has 1 saturated heterocycles. The minimum absolute atomic E-state index is 0.00273. The number of hydrogen-bond donors (Lipinski definition) is 0. The third-order valence-electron chi connectivity index (χ3n) is 5.88. The second-order valence-electron chi connectivity index (χ2n) is 8.14. The predicted octanol–water partition coefficient (Wildman–Crippen LogP) is 6.78. The number of carbonyl (C=O) groups excluding carboxylic acids is 1. The molecule has 5 nitrogen and oxygen atoms in total. The maximum Gasteiger partial charge on any atom is 0.417 e. The summed E-state index contributed by atoms with van der Waals surface area (Å²) in [4.78, 5) is 22.5. The van der Waals surface area contributed by atoms with Crippen molar-refractivity contribution in [1.82, 2.24) is 14.9 Å². The summed E-state index contributed by atoms with van der Waals surface area (Å²) in [6.45, 7) is 1.11. The van der Waals surface area contributed by atoms with Crippen molar-refractivity contribution in [2.75, 3.05) is 19.7 Å². The van der Waals surface area contributed by atoms with Gasteiger partial charge in [-0.15, -0.1) is 0 Å². The molecule has 1 aliphatic rings. The zero-order valence-corrected chi connectivity index (χ0v) is 20.4. The summed E-state index contributed by atoms with van der Waals surface area (Å²) in [5, 5.41) is 1.07. The molecular formula is C24H19Cl3F3N3O2. The van der Waals surface area contributed by atoms with E-state index in [-0.39, 0.29) is 35.4 Å². The molecule has 3 aromatic rings. The predicted molar refractivity (Wildman–Crippen MR) is 127 cm³/mol. The number of likely N-dealkylation sites (tertiary alicyclic amines) is 1. The molecule has 1 fully saturated rings. The largest absolute Gasteiger partial charge is 0.478 e. The number of amides is 1. The molecule has 184 valence electrons. The standard InChI is InChI=1S/C24H19Cl3F3N3O2/c25-19-3-1-14(9-20(19)26)18-13-33(23(34)15-5-7-31-21(27)10-15)12-16(18)6-8-35-22-4-2-17(11-32-22)24(28,29)30/h1-5,7,9-11,16,18H,6,8,12-13H2. The van der Waals surface area contributed by atoms with Gasteiger partial charge in [0.25, 0.3) is 5.91 Å². The number of aromatic nitrogens is 2. The van der Waals surface area contributed by atoms with Gasteiger partial charge in [-0.2, -0.15) is 13.2 Å². The summed E-state index contributed by atoms with van der Waals surface area (Å²) in [5.41, 5.74) is 0.523. The number of alkyl halides is 3. The van der Waals surface area contributed by atoms with Crippen LogP contribution in [0.15, 0.2) is 54.9 Å². The number of rotatable bonds is 6. The normalized spacial score (nSPS) is 18.1. The second-order valence-corrected chi connectivity index (χ2v) is 9.34. The van der Waals surface area contributed by atoms with E-state index in [0.29, 0.717) is 35.1 Å². The lowest BCUT2D eigenvalue weighted by atomic mass is 9.87. The Balaban J connectivity index is 1.48. The smallest absolute Gasteiger partial charge is 0.417 e. The van der Waals surface area contributed by atoms with Crippen LogP contribution in [-0.2, 0) is 6.18 Å². The molecule has 0 aliphatic carbocycles. The number of carbonyl (C=O) groups is 1. The average Bonchev–Trinajstić information content (AvgIpc) is 3.24. The van der Waals surface area contributed by atoms with Crippen molar-refractivity contribution in [1.29, 1.82) is 0 Å². The fourth-order valence-electron chi connectivity index (χ4n) is 4.12. The van der Waals surface area contributed by atoms with E-state index < -0.39 is 11.7 Å². The van der Waals surface area contributed by atoms with Crippen LogP contribution in [0.5, 0.6) is 5.88 Å². The Morgan fingerprint density at radius 2 is 1.83 bits per heavy atom. The van der Waals surface area contributed by atoms with Crippen molar-refractivity contribution in [2.24, 2.45) is 5.92 Å². The molecule has 2 aromatic heterocycles. The molecule has 11 heteroatoms. The molecule has 0 bridgehead atoms. The summed E-state index contributed by atoms with van der Waals surface area (Å²) in [6, 6.07) is 10.6. The minimum atomic E-state index is -4.46. The van der Waals surface area contributed by atoms with Crippen LogP contribution in [0.1, 0.15) is 33.8 Å². The number of hydrogen-bond acceptors (Lipinski definition) is 4. The van der Waals surface area contributed by atoms with E-state index in [1.54, 1.807) is 23.1 Å². The summed E-state index contributed by atoms with van der Waals surface area (Å²) >= 11 is 18.3. The number of nitrogens with zero attached hydrogens (tertiary/aromatic N) is 3. The van der Waals surface area contributed by atoms with Crippen LogP contribution in [0.2, 0.25) is 15.2 Å². The third kappa shape index (κ3) is 6.18. The summed E-state index contributed by atoms with van der Waals surface area (Å²) < 4.78 is 43.8. The molecule has 3 heterocycles. The zero-order chi connectivity index (χ0) is 25.2. The van der Waals surface area contributed by atoms with Gasteiger partial charge in [0.15, 0.2) is 0 Å². The highest BCUT2D eigenvalue weighted by Crippen LogP contribution is 2.38. The van der Waals surface area contributed by atoms with Crippen LogP contribution < -0.4 is 4.74 Å². The molecule has 2 unspecified atom stereocenters. The van der Waals surface area contributed by atoms with E-state index >= 15 is 0 Å². The first-order chi connectivity index (χ1) is 16.6. The van der Waals surface area contributed by atoms with Gasteiger partial charge in [0.2, 0.25) is 5.88 Å². The molecule has 1 aromatic carbocycles. The van der Waals surface area contributed by atoms with Crippen molar-refractivity contribution in [3.63, 3.8) is 0 Å². The zero-order valence-electron chi connectivity index (χ0n) is 18.1. The quantitative estimate of drug-likeness (QED) is 0.321. The molecule has 0 spiro atoms. The van der Waals surface area contributed by atoms with Gasteiger partial charge in [-0.05, 0) is 48.2 Å². The highest BCUT2D eigenvalue weighted by atomic mass is 35.5. The van der Waals surface area contributed by atoms with Gasteiger partial charge in [-0.25, -0.2) is 9.97 Å². The monoisotopic (exact) mass is 543 g/mol. The molecule has 4 rings (SSSR count). The molecule has 2 atom stereocenters. The van der Waals surface area contributed by atoms with Crippen LogP contribution in [0, 0.1) is 5.92 Å². The highest BCUT2D eigenvalue weighted by Gasteiger charge is 2.37. The van der Waals surface area contributed by atoms with Gasteiger partial charge in [-0.1, -0.05) is 40.9 Å². The second kappa shape index (κ2) is 10.6. The Hall–Kier alpha value is -2.55. The lowest BCUT2D eigenvalue weighted by Gasteiger charge is -2.19. The van der Waals surface area contributed by atoms with Crippen LogP contribution in [0.4, 0.5) is 13.2 Å². The van der Waals surface area contributed by atoms with Gasteiger partial charge in [0.1, 0.15) is 5.15 Å². The first kappa shape index (κ1) is 25.5. The van der Waals surface area contributed by atoms with Crippen LogP contribution >= 0.6 is 34.8 Å². The Bertz CT molecular complexity index is 1210. The van der Waals surface area contributed by atoms with E-state index in [9.17, 15) is 18.0 Å². The first-order valence-corrected chi connectivity index (χ1v) is 11.8. The molecule has 1 aliphatic heterocycles. The van der Waals surface area contributed by atoms with Crippen LogP contribution in [-0.4, -0.2) is 40.5 Å². The van der Waals surface area contributed by atoms with E-state index in [1.807, 2.05) is 6.07 Å². The Kier molecular flexibility index (Phi) is 7.73. The van der Waals surface area contributed by atoms with E-state index in [1.165, 1.54) is 18.3 Å². The van der Waals surface area contributed by atoms with Gasteiger partial charge >= 0.3 is 6.18 Å². The average molecular weight is 545 g/mol. The maximum atomic E-state index is 13.1. The maximum absolute atomic E-state index is 13.1. The van der Waals surface area contributed by atoms with Crippen LogP contribution in [0.3, 0.4) is 0 Å². The van der Waals surface area contributed by atoms with Crippen molar-refractivity contribution in [3.05, 3.63) is 86.7 Å². The van der Waals surface area contributed by atoms with Crippen LogP contribution in [0.25, 0.3) is 0 Å². The fourth-order valence-corrected chi connectivity index (χ4v) is 4.60. The number of halogens is 6. The molecule has 0 radical (unpaired) electrons. The lowest BCUT2D eigenvalue weighted by molar-refractivity contribution is -0.137. The Morgan fingerprint density at radius 1 is 1.03 bits per heavy atom. The summed E-state index contributed by atoms with van der Waals surface area (Å²) in [7, 11) is 0. The summed E-state index contributed by atoms with van der Waals surface area (Å²) in [6.07, 6.45) is -1.71. The number of pyridine rings is 2. The van der Waals surface area contributed by atoms with E-state index in [2.05, 4.69) is 9.97 Å². The molecule has 0 saturated carbocycles. The van der Waals surface area contributed by atoms with E-state index in [4.69, 9.17) is 39.5 Å². The molecular weight excluding hydrogens is 526 g/mol. The SMILES string of the molecule is O=C(c1ccnc(Cl)c1)N1CC(CCOc2ccc(C(F)(F)F)cn2)C(c2ccc(Cl)c(Cl)c2)C1. The van der Waals surface area contributed by atoms with Crippen molar-refractivity contribution in [2.45, 2.75) is 18.5 Å². The van der Waals surface area contributed by atoms with Crippen molar-refractivity contribution in [3.8, 4) is 5.88 Å². The summed E-state index contributed by atoms with van der Waals surface area (Å²) in [5.74, 6) is -0.119. The van der Waals surface area contributed by atoms with Crippen molar-refractivity contribution < 1.29 is 22.7 Å². The molecule has 35 heavy (non-hydrogen) atoms. The molecule has 1 amide bonds. The Morgan fingerprint density at radius 3 is 2.49 bits per heavy atom. The fraction of sp³-hybridized carbons (Fsp3) is 0.292. The number of benzene rings is 1. The number of ether oxygens (including phenoxy) is 1. The Labute approximate surface area is 214 Å². The highest BCUT2D eigenvalue weighted by molar-refractivity contribution is 6.42. The van der Waals surface area contributed by atoms with Gasteiger partial charge in [0, 0.05) is 43.0 Å². The topological polar surface area (TPSA) is 55.3 Å². The van der Waals surface area contributed by atoms with Gasteiger partial charge < -0.3 is 9.64 Å². The first-order valence-electron chi connectivity index (χ1n) is 10.6. The minimum Gasteiger partial charge on any atom is -0.478 e. The van der Waals surface area contributed by atoms with Crippen molar-refractivity contribution >= 4 is 40.7 Å². The molecule has 0 N–H and O–H groups in total. The van der Waals surface area contributed by atoms with Gasteiger partial charge in [-0.3, -0.25) is 4.79 Å². The van der Waals surface area contributed by atoms with Gasteiger partial charge in [0.05, 0.1) is 22.2 Å². The van der Waals surface area contributed by atoms with E-state index in [0.717, 1.165) is 17.8 Å². The lowest BCUT2D eigenvalue weighted by Crippen LogP contribution is -2.29. The third-order valence-corrected chi connectivity index (χ3v) is 6.82.